The minimum atomic E-state index is -1.02. The molecule has 0 saturated carbocycles. The van der Waals surface area contributed by atoms with Crippen molar-refractivity contribution in [1.82, 2.24) is 9.97 Å². The quantitative estimate of drug-likeness (QED) is 0.586. The fourth-order valence-corrected chi connectivity index (χ4v) is 2.24. The van der Waals surface area contributed by atoms with Gasteiger partial charge in [0.15, 0.2) is 0 Å². The number of hydrogen-bond donors (Lipinski definition) is 1. The highest BCUT2D eigenvalue weighted by Gasteiger charge is 2.40. The van der Waals surface area contributed by atoms with Gasteiger partial charge in [0.2, 0.25) is 5.82 Å². The second-order valence-corrected chi connectivity index (χ2v) is 4.47. The van der Waals surface area contributed by atoms with Gasteiger partial charge < -0.3 is 19.5 Å². The van der Waals surface area contributed by atoms with E-state index in [0.717, 1.165) is 6.33 Å². The van der Waals surface area contributed by atoms with Crippen molar-refractivity contribution in [2.45, 2.75) is 6.04 Å². The van der Waals surface area contributed by atoms with E-state index in [1.165, 1.54) is 19.1 Å². The number of carbonyl (C=O) groups is 1. The van der Waals surface area contributed by atoms with Crippen LogP contribution in [0.1, 0.15) is 0 Å². The van der Waals surface area contributed by atoms with Crippen LogP contribution in [-0.2, 0) is 9.53 Å². The van der Waals surface area contributed by atoms with Crippen LogP contribution >= 0.6 is 0 Å². The number of methoxy groups -OCH3 is 1. The van der Waals surface area contributed by atoms with E-state index in [0.29, 0.717) is 0 Å². The number of nitrogens with zero attached hydrogens (tertiary/aromatic N) is 4. The number of carboxylic acid groups (broad SMARTS) is 1. The lowest BCUT2D eigenvalue weighted by molar-refractivity contribution is -0.385. The van der Waals surface area contributed by atoms with Gasteiger partial charge in [0, 0.05) is 7.05 Å². The molecule has 10 heteroatoms. The van der Waals surface area contributed by atoms with Crippen LogP contribution in [0.25, 0.3) is 0 Å². The highest BCUT2D eigenvalue weighted by atomic mass is 16.6. The Morgan fingerprint density at radius 3 is 2.86 bits per heavy atom. The van der Waals surface area contributed by atoms with Crippen molar-refractivity contribution < 1.29 is 24.3 Å². The maximum absolute atomic E-state index is 11.2. The molecule has 0 aromatic carbocycles. The summed E-state index contributed by atoms with van der Waals surface area (Å²) >= 11 is 0. The fraction of sp³-hybridized carbons (Fsp3) is 0.545. The lowest BCUT2D eigenvalue weighted by atomic mass is 10.0. The third-order valence-electron chi connectivity index (χ3n) is 3.34. The summed E-state index contributed by atoms with van der Waals surface area (Å²) in [6.45, 7) is 0.206. The first-order valence-electron chi connectivity index (χ1n) is 6.04. The molecule has 0 spiro atoms. The molecule has 1 aliphatic heterocycles. The van der Waals surface area contributed by atoms with Gasteiger partial charge in [-0.15, -0.1) is 0 Å². The number of ether oxygens (including phenoxy) is 2. The van der Waals surface area contributed by atoms with E-state index >= 15 is 0 Å². The second-order valence-electron chi connectivity index (χ2n) is 4.47. The Balaban J connectivity index is 2.41. The van der Waals surface area contributed by atoms with Crippen molar-refractivity contribution in [1.29, 1.82) is 0 Å². The van der Waals surface area contributed by atoms with Gasteiger partial charge in [0.05, 0.1) is 31.3 Å². The third-order valence-corrected chi connectivity index (χ3v) is 3.34. The Hall–Kier alpha value is -2.49. The first-order chi connectivity index (χ1) is 9.97. The van der Waals surface area contributed by atoms with Gasteiger partial charge in [-0.05, 0) is 0 Å². The Morgan fingerprint density at radius 2 is 2.29 bits per heavy atom. The molecule has 114 valence electrons. The molecule has 10 nitrogen and oxygen atoms in total. The van der Waals surface area contributed by atoms with E-state index in [4.69, 9.17) is 14.6 Å². The normalized spacial score (nSPS) is 21.0. The van der Waals surface area contributed by atoms with Gasteiger partial charge in [-0.1, -0.05) is 0 Å². The van der Waals surface area contributed by atoms with E-state index in [9.17, 15) is 14.9 Å². The molecule has 1 N–H and O–H groups in total. The summed E-state index contributed by atoms with van der Waals surface area (Å²) in [6.07, 6.45) is 1.13. The van der Waals surface area contributed by atoms with E-state index in [1.807, 2.05) is 0 Å². The van der Waals surface area contributed by atoms with Gasteiger partial charge in [0.1, 0.15) is 12.2 Å². The number of likely N-dealkylation sites (N-methyl/N-ethyl adjacent to an activating group) is 1. The van der Waals surface area contributed by atoms with Crippen molar-refractivity contribution in [3.05, 3.63) is 16.4 Å². The minimum Gasteiger partial charge on any atom is -0.481 e. The second kappa shape index (κ2) is 5.87. The average Bonchev–Trinajstić information content (AvgIpc) is 2.95. The molecule has 2 unspecified atom stereocenters. The van der Waals surface area contributed by atoms with Crippen molar-refractivity contribution >= 4 is 17.5 Å². The summed E-state index contributed by atoms with van der Waals surface area (Å²) in [5.41, 5.74) is -0.404. The first-order valence-corrected chi connectivity index (χ1v) is 6.04. The van der Waals surface area contributed by atoms with Crippen molar-refractivity contribution in [2.24, 2.45) is 5.92 Å². The lowest BCUT2D eigenvalue weighted by Crippen LogP contribution is -2.41. The van der Waals surface area contributed by atoms with Crippen LogP contribution in [0, 0.1) is 16.0 Å². The van der Waals surface area contributed by atoms with Crippen LogP contribution in [0.3, 0.4) is 0 Å². The van der Waals surface area contributed by atoms with E-state index in [-0.39, 0.29) is 24.9 Å². The molecule has 0 aliphatic carbocycles. The zero-order valence-electron chi connectivity index (χ0n) is 11.4. The molecule has 2 atom stereocenters. The standard InChI is InChI=1S/C11H14N4O6/c1-14(7-4-21-3-6(7)11(16)17)9-8(15(18)19)10(20-2)13-5-12-9/h5-7H,3-4H2,1-2H3,(H,16,17). The Morgan fingerprint density at radius 1 is 1.57 bits per heavy atom. The summed E-state index contributed by atoms with van der Waals surface area (Å²) in [7, 11) is 2.79. The van der Waals surface area contributed by atoms with Gasteiger partial charge >= 0.3 is 11.7 Å². The van der Waals surface area contributed by atoms with Crippen molar-refractivity contribution in [2.75, 3.05) is 32.3 Å². The van der Waals surface area contributed by atoms with Crippen LogP contribution in [0.5, 0.6) is 5.88 Å². The Labute approximate surface area is 119 Å². The summed E-state index contributed by atoms with van der Waals surface area (Å²) in [4.78, 5) is 30.8. The van der Waals surface area contributed by atoms with Crippen molar-refractivity contribution in [3.8, 4) is 5.88 Å². The number of nitro groups is 1. The zero-order valence-corrected chi connectivity index (χ0v) is 11.4. The van der Waals surface area contributed by atoms with Crippen molar-refractivity contribution in [3.63, 3.8) is 0 Å². The molecule has 0 radical (unpaired) electrons. The molecule has 1 aromatic rings. The molecular formula is C11H14N4O6. The molecule has 0 amide bonds. The van der Waals surface area contributed by atoms with Crippen LogP contribution < -0.4 is 9.64 Å². The maximum Gasteiger partial charge on any atom is 0.372 e. The predicted molar refractivity (Wildman–Crippen MR) is 69.4 cm³/mol. The monoisotopic (exact) mass is 298 g/mol. The molecule has 1 fully saturated rings. The SMILES string of the molecule is COc1ncnc(N(C)C2COCC2C(=O)O)c1[N+](=O)[O-]. The van der Waals surface area contributed by atoms with Gasteiger partial charge in [-0.2, -0.15) is 4.98 Å². The number of anilines is 1. The highest BCUT2D eigenvalue weighted by Crippen LogP contribution is 2.35. The number of aromatic nitrogens is 2. The van der Waals surface area contributed by atoms with Crippen LogP contribution in [-0.4, -0.2) is 59.4 Å². The van der Waals surface area contributed by atoms with E-state index in [1.54, 1.807) is 0 Å². The molecule has 1 aliphatic rings. The number of rotatable bonds is 5. The molecule has 1 saturated heterocycles. The average molecular weight is 298 g/mol. The number of hydrogen-bond acceptors (Lipinski definition) is 8. The minimum absolute atomic E-state index is 0.00593. The molecule has 2 rings (SSSR count). The summed E-state index contributed by atoms with van der Waals surface area (Å²) in [5.74, 6) is -1.99. The predicted octanol–water partition coefficient (Wildman–Crippen LogP) is -0.0708. The zero-order chi connectivity index (χ0) is 15.6. The molecule has 21 heavy (non-hydrogen) atoms. The molecule has 2 heterocycles. The molecule has 0 bridgehead atoms. The van der Waals surface area contributed by atoms with Gasteiger partial charge in [-0.3, -0.25) is 14.9 Å². The summed E-state index contributed by atoms with van der Waals surface area (Å²) < 4.78 is 10.0. The smallest absolute Gasteiger partial charge is 0.372 e. The summed E-state index contributed by atoms with van der Waals surface area (Å²) in [5, 5.41) is 20.4. The third kappa shape index (κ3) is 2.70. The summed E-state index contributed by atoms with van der Waals surface area (Å²) in [6, 6.07) is -0.555. The van der Waals surface area contributed by atoms with Crippen LogP contribution in [0.2, 0.25) is 0 Å². The highest BCUT2D eigenvalue weighted by molar-refractivity contribution is 5.73. The fourth-order valence-electron chi connectivity index (χ4n) is 2.24. The van der Waals surface area contributed by atoms with Gasteiger partial charge in [0.25, 0.3) is 5.88 Å². The van der Waals surface area contributed by atoms with E-state index < -0.39 is 28.5 Å². The van der Waals surface area contributed by atoms with Crippen LogP contribution in [0.15, 0.2) is 6.33 Å². The molecular weight excluding hydrogens is 284 g/mol. The molecule has 1 aromatic heterocycles. The maximum atomic E-state index is 11.2. The van der Waals surface area contributed by atoms with Crippen LogP contribution in [0.4, 0.5) is 11.5 Å². The Kier molecular flexibility index (Phi) is 4.17. The number of aliphatic carboxylic acids is 1. The number of carboxylic acids is 1. The van der Waals surface area contributed by atoms with Gasteiger partial charge in [-0.25, -0.2) is 4.98 Å². The van der Waals surface area contributed by atoms with E-state index in [2.05, 4.69) is 9.97 Å². The topological polar surface area (TPSA) is 128 Å². The Bertz CT molecular complexity index is 566. The first kappa shape index (κ1) is 14.9. The largest absolute Gasteiger partial charge is 0.481 e. The lowest BCUT2D eigenvalue weighted by Gasteiger charge is -2.26.